The zero-order valence-corrected chi connectivity index (χ0v) is 8.19. The molecular weight excluding hydrogens is 204 g/mol. The van der Waals surface area contributed by atoms with Crippen LogP contribution in [0.3, 0.4) is 0 Å². The largest absolute Gasteiger partial charge is 0.462 e. The lowest BCUT2D eigenvalue weighted by molar-refractivity contribution is 0.582. The fourth-order valence-electron chi connectivity index (χ4n) is 0.902. The Kier molecular flexibility index (Phi) is 2.12. The molecule has 2 rings (SSSR count). The van der Waals surface area contributed by atoms with Crippen molar-refractivity contribution in [1.82, 2.24) is 4.98 Å². The Balaban J connectivity index is 2.39. The van der Waals surface area contributed by atoms with Crippen molar-refractivity contribution in [2.45, 2.75) is 0 Å². The highest BCUT2D eigenvalue weighted by molar-refractivity contribution is 7.81. The quantitative estimate of drug-likeness (QED) is 0.771. The van der Waals surface area contributed by atoms with Gasteiger partial charge in [-0.25, -0.2) is 4.98 Å². The third-order valence-corrected chi connectivity index (χ3v) is 2.87. The van der Waals surface area contributed by atoms with E-state index < -0.39 is 0 Å². The van der Waals surface area contributed by atoms with Crippen molar-refractivity contribution in [3.63, 3.8) is 0 Å². The second-order valence-electron chi connectivity index (χ2n) is 2.37. The van der Waals surface area contributed by atoms with Crippen molar-refractivity contribution < 1.29 is 4.42 Å². The van der Waals surface area contributed by atoms with Gasteiger partial charge in [-0.2, -0.15) is 0 Å². The van der Waals surface area contributed by atoms with E-state index in [-0.39, 0.29) is 0 Å². The van der Waals surface area contributed by atoms with Crippen LogP contribution in [0.4, 0.5) is 0 Å². The van der Waals surface area contributed by atoms with Gasteiger partial charge in [0.1, 0.15) is 4.99 Å². The Morgan fingerprint density at radius 1 is 1.62 bits per heavy atom. The van der Waals surface area contributed by atoms with E-state index in [1.807, 2.05) is 12.1 Å². The van der Waals surface area contributed by atoms with Crippen LogP contribution in [0.1, 0.15) is 4.88 Å². The first-order chi connectivity index (χ1) is 6.27. The standard InChI is InChI=1S/C8H6N2OS2/c9-7(12)6-4-10-8(13-6)5-2-1-3-11-5/h1-4H,(H2,9,12). The normalized spacial score (nSPS) is 10.2. The van der Waals surface area contributed by atoms with E-state index >= 15 is 0 Å². The summed E-state index contributed by atoms with van der Waals surface area (Å²) in [6.07, 6.45) is 3.27. The van der Waals surface area contributed by atoms with Crippen LogP contribution in [0.25, 0.3) is 10.8 Å². The molecule has 0 bridgehead atoms. The number of nitrogens with zero attached hydrogens (tertiary/aromatic N) is 1. The zero-order chi connectivity index (χ0) is 9.26. The van der Waals surface area contributed by atoms with Gasteiger partial charge in [0.15, 0.2) is 10.8 Å². The van der Waals surface area contributed by atoms with E-state index in [4.69, 9.17) is 22.4 Å². The zero-order valence-electron chi connectivity index (χ0n) is 6.56. The molecule has 13 heavy (non-hydrogen) atoms. The topological polar surface area (TPSA) is 52.0 Å². The molecule has 0 aliphatic heterocycles. The summed E-state index contributed by atoms with van der Waals surface area (Å²) >= 11 is 6.25. The lowest BCUT2D eigenvalue weighted by Gasteiger charge is -1.87. The number of thiocarbonyl (C=S) groups is 1. The molecule has 0 amide bonds. The number of hydrogen-bond acceptors (Lipinski definition) is 4. The molecule has 0 spiro atoms. The molecule has 2 aromatic rings. The lowest BCUT2D eigenvalue weighted by atomic mass is 10.5. The van der Waals surface area contributed by atoms with Gasteiger partial charge in [-0.1, -0.05) is 12.2 Å². The molecule has 0 saturated heterocycles. The first-order valence-electron chi connectivity index (χ1n) is 3.57. The third-order valence-electron chi connectivity index (χ3n) is 1.48. The number of rotatable bonds is 2. The van der Waals surface area contributed by atoms with Crippen molar-refractivity contribution in [3.8, 4) is 10.8 Å². The van der Waals surface area contributed by atoms with Gasteiger partial charge in [-0.05, 0) is 12.1 Å². The highest BCUT2D eigenvalue weighted by Crippen LogP contribution is 2.24. The van der Waals surface area contributed by atoms with Crippen LogP contribution in [-0.2, 0) is 0 Å². The Labute approximate surface area is 84.2 Å². The van der Waals surface area contributed by atoms with Crippen LogP contribution in [-0.4, -0.2) is 9.97 Å². The van der Waals surface area contributed by atoms with Crippen LogP contribution in [0.2, 0.25) is 0 Å². The van der Waals surface area contributed by atoms with Gasteiger partial charge >= 0.3 is 0 Å². The summed E-state index contributed by atoms with van der Waals surface area (Å²) in [6, 6.07) is 3.67. The van der Waals surface area contributed by atoms with Crippen molar-refractivity contribution >= 4 is 28.5 Å². The summed E-state index contributed by atoms with van der Waals surface area (Å²) in [5.41, 5.74) is 5.45. The van der Waals surface area contributed by atoms with Gasteiger partial charge in [-0.3, -0.25) is 0 Å². The predicted molar refractivity (Wildman–Crippen MR) is 55.7 cm³/mol. The van der Waals surface area contributed by atoms with Crippen molar-refractivity contribution in [2.24, 2.45) is 5.73 Å². The Bertz CT molecular complexity index is 419. The molecule has 0 aliphatic carbocycles. The molecule has 0 saturated carbocycles. The molecule has 0 aliphatic rings. The molecule has 2 N–H and O–H groups in total. The van der Waals surface area contributed by atoms with Crippen molar-refractivity contribution in [3.05, 3.63) is 29.5 Å². The Morgan fingerprint density at radius 3 is 3.00 bits per heavy atom. The summed E-state index contributed by atoms with van der Waals surface area (Å²) in [5.74, 6) is 0.743. The Morgan fingerprint density at radius 2 is 2.46 bits per heavy atom. The molecule has 0 atom stereocenters. The number of hydrogen-bond donors (Lipinski definition) is 1. The summed E-state index contributed by atoms with van der Waals surface area (Å²) in [6.45, 7) is 0. The molecule has 0 aromatic carbocycles. The second kappa shape index (κ2) is 3.27. The SMILES string of the molecule is NC(=S)c1cnc(-c2ccco2)s1. The minimum atomic E-state index is 0.371. The average Bonchev–Trinajstić information content (AvgIpc) is 2.75. The Hall–Kier alpha value is -1.20. The molecular formula is C8H6N2OS2. The molecule has 2 heterocycles. The summed E-state index contributed by atoms with van der Waals surface area (Å²) in [7, 11) is 0. The monoisotopic (exact) mass is 210 g/mol. The molecule has 0 radical (unpaired) electrons. The average molecular weight is 210 g/mol. The van der Waals surface area contributed by atoms with Crippen LogP contribution in [0.5, 0.6) is 0 Å². The molecule has 0 unspecified atom stereocenters. The van der Waals surface area contributed by atoms with E-state index in [1.54, 1.807) is 12.5 Å². The van der Waals surface area contributed by atoms with E-state index in [0.29, 0.717) is 4.99 Å². The summed E-state index contributed by atoms with van der Waals surface area (Å²) < 4.78 is 5.18. The van der Waals surface area contributed by atoms with E-state index in [1.165, 1.54) is 11.3 Å². The van der Waals surface area contributed by atoms with Gasteiger partial charge in [-0.15, -0.1) is 11.3 Å². The number of nitrogens with two attached hydrogens (primary N) is 1. The van der Waals surface area contributed by atoms with Gasteiger partial charge in [0.2, 0.25) is 0 Å². The van der Waals surface area contributed by atoms with Crippen LogP contribution < -0.4 is 5.73 Å². The van der Waals surface area contributed by atoms with Crippen LogP contribution in [0.15, 0.2) is 29.0 Å². The molecule has 3 nitrogen and oxygen atoms in total. The fraction of sp³-hybridized carbons (Fsp3) is 0. The second-order valence-corrected chi connectivity index (χ2v) is 3.84. The van der Waals surface area contributed by atoms with Gasteiger partial charge in [0, 0.05) is 6.20 Å². The maximum atomic E-state index is 5.45. The highest BCUT2D eigenvalue weighted by Gasteiger charge is 2.07. The van der Waals surface area contributed by atoms with Gasteiger partial charge < -0.3 is 10.2 Å². The van der Waals surface area contributed by atoms with Crippen LogP contribution >= 0.6 is 23.6 Å². The third kappa shape index (κ3) is 1.61. The smallest absolute Gasteiger partial charge is 0.162 e. The van der Waals surface area contributed by atoms with E-state index in [9.17, 15) is 0 Å². The molecule has 0 fully saturated rings. The van der Waals surface area contributed by atoms with E-state index in [0.717, 1.165) is 15.6 Å². The van der Waals surface area contributed by atoms with Crippen LogP contribution in [0, 0.1) is 0 Å². The number of thiazole rings is 1. The van der Waals surface area contributed by atoms with Gasteiger partial charge in [0.25, 0.3) is 0 Å². The minimum absolute atomic E-state index is 0.371. The van der Waals surface area contributed by atoms with Crippen molar-refractivity contribution in [2.75, 3.05) is 0 Å². The van der Waals surface area contributed by atoms with Gasteiger partial charge in [0.05, 0.1) is 11.1 Å². The van der Waals surface area contributed by atoms with Crippen molar-refractivity contribution in [1.29, 1.82) is 0 Å². The highest BCUT2D eigenvalue weighted by atomic mass is 32.1. The lowest BCUT2D eigenvalue weighted by Crippen LogP contribution is -2.06. The maximum Gasteiger partial charge on any atom is 0.162 e. The molecule has 5 heteroatoms. The number of aromatic nitrogens is 1. The van der Waals surface area contributed by atoms with E-state index in [2.05, 4.69) is 4.98 Å². The minimum Gasteiger partial charge on any atom is -0.462 e. The summed E-state index contributed by atoms with van der Waals surface area (Å²) in [5, 5.41) is 0.799. The fourth-order valence-corrected chi connectivity index (χ4v) is 1.82. The first kappa shape index (κ1) is 8.40. The predicted octanol–water partition coefficient (Wildman–Crippen LogP) is 2.04. The molecule has 2 aromatic heterocycles. The maximum absolute atomic E-state index is 5.45. The number of furan rings is 1. The first-order valence-corrected chi connectivity index (χ1v) is 4.79. The summed E-state index contributed by atoms with van der Waals surface area (Å²) in [4.78, 5) is 5.31. The molecule has 66 valence electrons.